The maximum atomic E-state index is 11.9. The number of hydrogen-bond acceptors (Lipinski definition) is 6. The van der Waals surface area contributed by atoms with E-state index in [1.165, 1.54) is 28.4 Å². The van der Waals surface area contributed by atoms with E-state index in [0.717, 1.165) is 0 Å². The molecule has 6 heteroatoms. The van der Waals surface area contributed by atoms with E-state index in [0.29, 0.717) is 29.4 Å². The SMILES string of the molecule is CCNC(C(=O)OC)c1cc(OC)c(OC)c(OC)c1. The van der Waals surface area contributed by atoms with Crippen molar-refractivity contribution in [1.29, 1.82) is 0 Å². The summed E-state index contributed by atoms with van der Waals surface area (Å²) in [5.41, 5.74) is 0.688. The Balaban J connectivity index is 3.31. The number of carbonyl (C=O) groups excluding carboxylic acids is 1. The highest BCUT2D eigenvalue weighted by atomic mass is 16.5. The zero-order valence-corrected chi connectivity index (χ0v) is 12.5. The Bertz CT molecular complexity index is 436. The second kappa shape index (κ2) is 7.59. The summed E-state index contributed by atoms with van der Waals surface area (Å²) in [6.45, 7) is 2.53. The Morgan fingerprint density at radius 3 is 2.00 bits per heavy atom. The molecule has 0 aliphatic heterocycles. The number of methoxy groups -OCH3 is 4. The summed E-state index contributed by atoms with van der Waals surface area (Å²) >= 11 is 0. The molecule has 1 aromatic carbocycles. The lowest BCUT2D eigenvalue weighted by Gasteiger charge is -2.19. The minimum Gasteiger partial charge on any atom is -0.493 e. The minimum absolute atomic E-state index is 0.374. The van der Waals surface area contributed by atoms with Crippen molar-refractivity contribution in [3.63, 3.8) is 0 Å². The van der Waals surface area contributed by atoms with Crippen LogP contribution in [0.25, 0.3) is 0 Å². The van der Waals surface area contributed by atoms with Crippen LogP contribution in [0.1, 0.15) is 18.5 Å². The summed E-state index contributed by atoms with van der Waals surface area (Å²) in [5.74, 6) is 1.10. The zero-order valence-electron chi connectivity index (χ0n) is 12.5. The topological polar surface area (TPSA) is 66.0 Å². The molecule has 0 heterocycles. The minimum atomic E-state index is -0.585. The van der Waals surface area contributed by atoms with Crippen molar-refractivity contribution in [2.24, 2.45) is 0 Å². The summed E-state index contributed by atoms with van der Waals surface area (Å²) in [6.07, 6.45) is 0. The molecule has 0 amide bonds. The fraction of sp³-hybridized carbons (Fsp3) is 0.500. The fourth-order valence-corrected chi connectivity index (χ4v) is 1.93. The Morgan fingerprint density at radius 1 is 1.10 bits per heavy atom. The van der Waals surface area contributed by atoms with Crippen LogP contribution in [0.2, 0.25) is 0 Å². The highest BCUT2D eigenvalue weighted by Gasteiger charge is 2.24. The van der Waals surface area contributed by atoms with E-state index in [2.05, 4.69) is 5.32 Å². The number of ether oxygens (including phenoxy) is 4. The predicted octanol–water partition coefficient (Wildman–Crippen LogP) is 1.54. The Labute approximate surface area is 119 Å². The highest BCUT2D eigenvalue weighted by Crippen LogP contribution is 2.39. The molecule has 20 heavy (non-hydrogen) atoms. The van der Waals surface area contributed by atoms with Crippen LogP contribution in [0.5, 0.6) is 17.2 Å². The van der Waals surface area contributed by atoms with Crippen LogP contribution in [0.4, 0.5) is 0 Å². The maximum absolute atomic E-state index is 11.9. The van der Waals surface area contributed by atoms with Crippen LogP contribution in [0.3, 0.4) is 0 Å². The molecule has 0 aliphatic carbocycles. The van der Waals surface area contributed by atoms with Gasteiger partial charge in [0.25, 0.3) is 0 Å². The first-order valence-corrected chi connectivity index (χ1v) is 6.24. The highest BCUT2D eigenvalue weighted by molar-refractivity contribution is 5.78. The Hall–Kier alpha value is -1.95. The van der Waals surface area contributed by atoms with E-state index >= 15 is 0 Å². The van der Waals surface area contributed by atoms with E-state index in [4.69, 9.17) is 18.9 Å². The lowest BCUT2D eigenvalue weighted by atomic mass is 10.1. The van der Waals surface area contributed by atoms with Gasteiger partial charge in [0.15, 0.2) is 11.5 Å². The molecule has 0 fully saturated rings. The quantitative estimate of drug-likeness (QED) is 0.766. The molecule has 1 rings (SSSR count). The third-order valence-corrected chi connectivity index (χ3v) is 2.87. The standard InChI is InChI=1S/C14H21NO5/c1-6-15-12(14(16)20-5)9-7-10(17-2)13(19-4)11(8-9)18-3/h7-8,12,15H,6H2,1-5H3. The van der Waals surface area contributed by atoms with E-state index < -0.39 is 6.04 Å². The first kappa shape index (κ1) is 16.1. The summed E-state index contributed by atoms with van der Waals surface area (Å²) in [4.78, 5) is 11.9. The lowest BCUT2D eigenvalue weighted by molar-refractivity contribution is -0.143. The number of carbonyl (C=O) groups is 1. The average Bonchev–Trinajstić information content (AvgIpc) is 2.50. The molecule has 1 N–H and O–H groups in total. The number of nitrogens with one attached hydrogen (secondary N) is 1. The van der Waals surface area contributed by atoms with Gasteiger partial charge >= 0.3 is 5.97 Å². The molecular formula is C14H21NO5. The van der Waals surface area contributed by atoms with Gasteiger partial charge in [-0.3, -0.25) is 0 Å². The summed E-state index contributed by atoms with van der Waals surface area (Å²) in [5, 5.41) is 3.06. The van der Waals surface area contributed by atoms with Gasteiger partial charge in [0.1, 0.15) is 6.04 Å². The third kappa shape index (κ3) is 3.33. The van der Waals surface area contributed by atoms with E-state index in [-0.39, 0.29) is 5.97 Å². The number of likely N-dealkylation sites (N-methyl/N-ethyl adjacent to an activating group) is 1. The third-order valence-electron chi connectivity index (χ3n) is 2.87. The van der Waals surface area contributed by atoms with Crippen molar-refractivity contribution < 1.29 is 23.7 Å². The van der Waals surface area contributed by atoms with Crippen molar-refractivity contribution in [3.8, 4) is 17.2 Å². The van der Waals surface area contributed by atoms with Gasteiger partial charge in [-0.15, -0.1) is 0 Å². The second-order valence-electron chi connectivity index (χ2n) is 3.97. The lowest BCUT2D eigenvalue weighted by Crippen LogP contribution is -2.29. The first-order chi connectivity index (χ1) is 9.62. The molecule has 0 bridgehead atoms. The van der Waals surface area contributed by atoms with Gasteiger partial charge in [0.2, 0.25) is 5.75 Å². The van der Waals surface area contributed by atoms with Crippen molar-refractivity contribution >= 4 is 5.97 Å². The van der Waals surface area contributed by atoms with Crippen LogP contribution in [0.15, 0.2) is 12.1 Å². The maximum Gasteiger partial charge on any atom is 0.327 e. The largest absolute Gasteiger partial charge is 0.493 e. The van der Waals surface area contributed by atoms with Gasteiger partial charge < -0.3 is 24.3 Å². The molecule has 0 radical (unpaired) electrons. The van der Waals surface area contributed by atoms with Gasteiger partial charge in [0, 0.05) is 0 Å². The van der Waals surface area contributed by atoms with E-state index in [9.17, 15) is 4.79 Å². The van der Waals surface area contributed by atoms with E-state index in [1.807, 2.05) is 6.92 Å². The van der Waals surface area contributed by atoms with Crippen molar-refractivity contribution in [3.05, 3.63) is 17.7 Å². The van der Waals surface area contributed by atoms with Gasteiger partial charge in [-0.1, -0.05) is 6.92 Å². The average molecular weight is 283 g/mol. The monoisotopic (exact) mass is 283 g/mol. The summed E-state index contributed by atoms with van der Waals surface area (Å²) in [7, 11) is 5.94. The smallest absolute Gasteiger partial charge is 0.327 e. The van der Waals surface area contributed by atoms with E-state index in [1.54, 1.807) is 12.1 Å². The van der Waals surface area contributed by atoms with Crippen LogP contribution in [-0.4, -0.2) is 41.0 Å². The second-order valence-corrected chi connectivity index (χ2v) is 3.97. The molecule has 1 aromatic rings. The van der Waals surface area contributed by atoms with Gasteiger partial charge in [-0.2, -0.15) is 0 Å². The first-order valence-electron chi connectivity index (χ1n) is 6.24. The van der Waals surface area contributed by atoms with Crippen LogP contribution >= 0.6 is 0 Å². The zero-order chi connectivity index (χ0) is 15.1. The van der Waals surface area contributed by atoms with Crippen LogP contribution in [0, 0.1) is 0 Å². The summed E-state index contributed by atoms with van der Waals surface area (Å²) in [6, 6.07) is 2.87. The summed E-state index contributed by atoms with van der Waals surface area (Å²) < 4.78 is 20.6. The van der Waals surface area contributed by atoms with Crippen LogP contribution in [-0.2, 0) is 9.53 Å². The fourth-order valence-electron chi connectivity index (χ4n) is 1.93. The Morgan fingerprint density at radius 2 is 1.65 bits per heavy atom. The van der Waals surface area contributed by atoms with Crippen molar-refractivity contribution in [1.82, 2.24) is 5.32 Å². The number of benzene rings is 1. The molecule has 1 atom stereocenters. The predicted molar refractivity (Wildman–Crippen MR) is 74.5 cm³/mol. The van der Waals surface area contributed by atoms with Gasteiger partial charge in [0.05, 0.1) is 28.4 Å². The molecule has 1 unspecified atom stereocenters. The molecule has 0 aromatic heterocycles. The molecule has 0 saturated heterocycles. The Kier molecular flexibility index (Phi) is 6.11. The molecule has 6 nitrogen and oxygen atoms in total. The number of rotatable bonds is 7. The van der Waals surface area contributed by atoms with Gasteiger partial charge in [-0.05, 0) is 24.2 Å². The number of esters is 1. The van der Waals surface area contributed by atoms with Crippen molar-refractivity contribution in [2.75, 3.05) is 35.0 Å². The molecule has 112 valence electrons. The van der Waals surface area contributed by atoms with Gasteiger partial charge in [-0.25, -0.2) is 4.79 Å². The molecule has 0 saturated carbocycles. The van der Waals surface area contributed by atoms with Crippen LogP contribution < -0.4 is 19.5 Å². The molecular weight excluding hydrogens is 262 g/mol. The molecule has 0 aliphatic rings. The number of hydrogen-bond donors (Lipinski definition) is 1. The normalized spacial score (nSPS) is 11.7. The van der Waals surface area contributed by atoms with Crippen molar-refractivity contribution in [2.45, 2.75) is 13.0 Å². The molecule has 0 spiro atoms.